The summed E-state index contributed by atoms with van der Waals surface area (Å²) in [6.45, 7) is 1.77. The van der Waals surface area contributed by atoms with Crippen molar-refractivity contribution in [3.63, 3.8) is 0 Å². The Morgan fingerprint density at radius 1 is 1.11 bits per heavy atom. The van der Waals surface area contributed by atoms with Gasteiger partial charge in [0.1, 0.15) is 12.3 Å². The Labute approximate surface area is 163 Å². The van der Waals surface area contributed by atoms with Gasteiger partial charge in [0.2, 0.25) is 5.91 Å². The number of carbonyl (C=O) groups excluding carboxylic acids is 4. The zero-order chi connectivity index (χ0) is 20.3. The summed E-state index contributed by atoms with van der Waals surface area (Å²) in [7, 11) is 1.57. The fraction of sp³-hybridized carbons (Fsp3) is 0.500. The highest BCUT2D eigenvalue weighted by atomic mass is 16.5. The number of urea groups is 1. The number of methoxy groups -OCH3 is 1. The van der Waals surface area contributed by atoms with Crippen LogP contribution in [0.1, 0.15) is 38.2 Å². The van der Waals surface area contributed by atoms with E-state index in [1.807, 2.05) is 6.92 Å². The van der Waals surface area contributed by atoms with Crippen molar-refractivity contribution in [1.29, 1.82) is 0 Å². The van der Waals surface area contributed by atoms with Gasteiger partial charge < -0.3 is 10.1 Å². The summed E-state index contributed by atoms with van der Waals surface area (Å²) in [4.78, 5) is 51.3. The number of rotatable bonds is 6. The molecule has 1 N–H and O–H groups in total. The molecule has 0 unspecified atom stereocenters. The first kappa shape index (κ1) is 19.9. The third kappa shape index (κ3) is 4.00. The first-order valence-corrected chi connectivity index (χ1v) is 9.51. The molecule has 0 bridgehead atoms. The lowest BCUT2D eigenvalue weighted by molar-refractivity contribution is -0.145. The highest BCUT2D eigenvalue weighted by Gasteiger charge is 2.49. The van der Waals surface area contributed by atoms with E-state index in [4.69, 9.17) is 4.74 Å². The highest BCUT2D eigenvalue weighted by molar-refractivity contribution is 6.45. The zero-order valence-electron chi connectivity index (χ0n) is 16.1. The van der Waals surface area contributed by atoms with E-state index in [0.29, 0.717) is 12.2 Å². The number of ether oxygens (including phenoxy) is 1. The summed E-state index contributed by atoms with van der Waals surface area (Å²) >= 11 is 0. The lowest BCUT2D eigenvalue weighted by atomic mass is 9.85. The third-order valence-electron chi connectivity index (χ3n) is 5.43. The van der Waals surface area contributed by atoms with Crippen molar-refractivity contribution in [3.8, 4) is 5.75 Å². The van der Waals surface area contributed by atoms with Crippen molar-refractivity contribution in [2.24, 2.45) is 5.92 Å². The molecule has 3 rings (SSSR count). The van der Waals surface area contributed by atoms with Crippen LogP contribution in [-0.2, 0) is 20.9 Å². The first-order chi connectivity index (χ1) is 13.4. The molecule has 2 aliphatic rings. The predicted molar refractivity (Wildman–Crippen MR) is 100 cm³/mol. The maximum absolute atomic E-state index is 12.7. The van der Waals surface area contributed by atoms with Crippen LogP contribution in [0.2, 0.25) is 0 Å². The number of hydrogen-bond acceptors (Lipinski definition) is 5. The van der Waals surface area contributed by atoms with Crippen molar-refractivity contribution < 1.29 is 23.9 Å². The predicted octanol–water partition coefficient (Wildman–Crippen LogP) is 1.68. The van der Waals surface area contributed by atoms with Crippen LogP contribution >= 0.6 is 0 Å². The Balaban J connectivity index is 1.59. The van der Waals surface area contributed by atoms with E-state index in [1.165, 1.54) is 0 Å². The van der Waals surface area contributed by atoms with Gasteiger partial charge in [0, 0.05) is 12.6 Å². The Hall–Kier alpha value is -2.90. The minimum atomic E-state index is -0.928. The van der Waals surface area contributed by atoms with Gasteiger partial charge in [-0.2, -0.15) is 0 Å². The monoisotopic (exact) mass is 387 g/mol. The topological polar surface area (TPSA) is 96.0 Å². The number of nitrogens with zero attached hydrogens (tertiary/aromatic N) is 2. The van der Waals surface area contributed by atoms with Gasteiger partial charge in [-0.25, -0.2) is 9.69 Å². The van der Waals surface area contributed by atoms with Gasteiger partial charge in [0.15, 0.2) is 0 Å². The van der Waals surface area contributed by atoms with E-state index in [0.717, 1.165) is 34.6 Å². The average molecular weight is 387 g/mol. The minimum Gasteiger partial charge on any atom is -0.497 e. The number of imide groups is 2. The summed E-state index contributed by atoms with van der Waals surface area (Å²) in [5, 5.41) is 2.67. The van der Waals surface area contributed by atoms with Crippen LogP contribution in [0.25, 0.3) is 0 Å². The maximum atomic E-state index is 12.7. The van der Waals surface area contributed by atoms with Crippen LogP contribution < -0.4 is 10.1 Å². The highest BCUT2D eigenvalue weighted by Crippen LogP contribution is 2.31. The van der Waals surface area contributed by atoms with Crippen molar-refractivity contribution >= 4 is 23.8 Å². The van der Waals surface area contributed by atoms with Crippen LogP contribution in [0.3, 0.4) is 0 Å². The van der Waals surface area contributed by atoms with Gasteiger partial charge in [-0.1, -0.05) is 31.9 Å². The maximum Gasteiger partial charge on any atom is 0.334 e. The molecule has 2 atom stereocenters. The second-order valence-electron chi connectivity index (χ2n) is 7.30. The van der Waals surface area contributed by atoms with E-state index in [9.17, 15) is 19.2 Å². The smallest absolute Gasteiger partial charge is 0.334 e. The summed E-state index contributed by atoms with van der Waals surface area (Å²) in [5.41, 5.74) is 0.849. The summed E-state index contributed by atoms with van der Waals surface area (Å²) in [6.07, 6.45) is 3.59. The van der Waals surface area contributed by atoms with E-state index >= 15 is 0 Å². The first-order valence-electron chi connectivity index (χ1n) is 9.51. The average Bonchev–Trinajstić information content (AvgIpc) is 2.91. The molecular formula is C20H25N3O5. The lowest BCUT2D eigenvalue weighted by Gasteiger charge is -2.34. The zero-order valence-corrected chi connectivity index (χ0v) is 16.1. The molecule has 1 saturated heterocycles. The third-order valence-corrected chi connectivity index (χ3v) is 5.43. The molecule has 150 valence electrons. The normalized spacial score (nSPS) is 22.6. The van der Waals surface area contributed by atoms with Gasteiger partial charge in [-0.15, -0.1) is 0 Å². The molecular weight excluding hydrogens is 362 g/mol. The standard InChI is InChI=1S/C20H25N3O5/c1-13-5-3-4-6-16(13)23-19(26)18(25)22(20(23)27)12-17(24)21-11-14-7-9-15(28-2)10-8-14/h7-10,13,16H,3-6,11-12H2,1-2H3,(H,21,24)/t13-,16-/m1/s1. The molecule has 28 heavy (non-hydrogen) atoms. The van der Waals surface area contributed by atoms with Crippen molar-refractivity contribution in [2.75, 3.05) is 13.7 Å². The Bertz CT molecular complexity index is 777. The molecule has 1 aliphatic carbocycles. The molecule has 1 saturated carbocycles. The van der Waals surface area contributed by atoms with E-state index in [2.05, 4.69) is 5.32 Å². The van der Waals surface area contributed by atoms with Crippen LogP contribution in [0.5, 0.6) is 5.75 Å². The van der Waals surface area contributed by atoms with Gasteiger partial charge in [-0.05, 0) is 36.5 Å². The minimum absolute atomic E-state index is 0.151. The molecule has 0 spiro atoms. The van der Waals surface area contributed by atoms with Gasteiger partial charge >= 0.3 is 17.8 Å². The van der Waals surface area contributed by atoms with Crippen molar-refractivity contribution in [1.82, 2.24) is 15.1 Å². The number of benzene rings is 1. The van der Waals surface area contributed by atoms with Gasteiger partial charge in [0.05, 0.1) is 7.11 Å². The Morgan fingerprint density at radius 2 is 1.79 bits per heavy atom. The van der Waals surface area contributed by atoms with Gasteiger partial charge in [-0.3, -0.25) is 19.3 Å². The molecule has 0 aromatic heterocycles. The number of carbonyl (C=O) groups is 4. The van der Waals surface area contributed by atoms with E-state index in [-0.39, 0.29) is 18.5 Å². The molecule has 5 amide bonds. The SMILES string of the molecule is COc1ccc(CNC(=O)CN2C(=O)C(=O)N([C@@H]3CCCC[C@H]3C)C2=O)cc1. The molecule has 8 nitrogen and oxygen atoms in total. The molecule has 1 aliphatic heterocycles. The van der Waals surface area contributed by atoms with Crippen molar-refractivity contribution in [2.45, 2.75) is 45.2 Å². The largest absolute Gasteiger partial charge is 0.497 e. The van der Waals surface area contributed by atoms with Crippen LogP contribution in [-0.4, -0.2) is 53.2 Å². The number of amides is 5. The summed E-state index contributed by atoms with van der Waals surface area (Å²) in [5.74, 6) is -1.39. The van der Waals surface area contributed by atoms with Gasteiger partial charge in [0.25, 0.3) is 0 Å². The Morgan fingerprint density at radius 3 is 2.43 bits per heavy atom. The number of nitrogens with one attached hydrogen (secondary N) is 1. The fourth-order valence-corrected chi connectivity index (χ4v) is 3.78. The second-order valence-corrected chi connectivity index (χ2v) is 7.30. The fourth-order valence-electron chi connectivity index (χ4n) is 3.78. The number of hydrogen-bond donors (Lipinski definition) is 1. The molecule has 2 fully saturated rings. The molecule has 0 radical (unpaired) electrons. The Kier molecular flexibility index (Phi) is 5.96. The van der Waals surface area contributed by atoms with E-state index in [1.54, 1.807) is 31.4 Å². The molecule has 1 aromatic carbocycles. The second kappa shape index (κ2) is 8.41. The summed E-state index contributed by atoms with van der Waals surface area (Å²) in [6, 6.07) is 6.20. The van der Waals surface area contributed by atoms with E-state index < -0.39 is 30.3 Å². The van der Waals surface area contributed by atoms with Crippen molar-refractivity contribution in [3.05, 3.63) is 29.8 Å². The lowest BCUT2D eigenvalue weighted by Crippen LogP contribution is -2.47. The molecule has 1 aromatic rings. The van der Waals surface area contributed by atoms with Crippen LogP contribution in [0.15, 0.2) is 24.3 Å². The molecule has 8 heteroatoms. The molecule has 1 heterocycles. The van der Waals surface area contributed by atoms with Crippen LogP contribution in [0.4, 0.5) is 4.79 Å². The van der Waals surface area contributed by atoms with Crippen LogP contribution in [0, 0.1) is 5.92 Å². The quantitative estimate of drug-likeness (QED) is 0.592. The summed E-state index contributed by atoms with van der Waals surface area (Å²) < 4.78 is 5.08.